The van der Waals surface area contributed by atoms with E-state index >= 15 is 0 Å². The molecule has 2 heterocycles. The molecule has 4 rings (SSSR count). The molecule has 0 aromatic heterocycles. The maximum atomic E-state index is 13.4. The van der Waals surface area contributed by atoms with Crippen LogP contribution in [0.1, 0.15) is 24.1 Å². The molecule has 2 aromatic carbocycles. The molecule has 2 aliphatic rings. The molecule has 2 aromatic rings. The lowest BCUT2D eigenvalue weighted by Gasteiger charge is -2.31. The van der Waals surface area contributed by atoms with E-state index in [-0.39, 0.29) is 17.9 Å². The average molecular weight is 527 g/mol. The number of aliphatic hydroxyl groups excluding tert-OH is 1. The molecule has 10 heteroatoms. The van der Waals surface area contributed by atoms with E-state index in [1.54, 1.807) is 36.4 Å². The van der Waals surface area contributed by atoms with E-state index in [2.05, 4.69) is 4.90 Å². The van der Waals surface area contributed by atoms with E-state index in [1.165, 1.54) is 26.2 Å². The van der Waals surface area contributed by atoms with E-state index in [9.17, 15) is 14.7 Å². The van der Waals surface area contributed by atoms with Gasteiger partial charge in [0.05, 0.1) is 52.8 Å². The van der Waals surface area contributed by atoms with Crippen LogP contribution in [0.25, 0.3) is 5.76 Å². The second-order valence-corrected chi connectivity index (χ2v) is 8.87. The predicted octanol–water partition coefficient (Wildman–Crippen LogP) is 2.87. The number of morpholine rings is 1. The molecule has 0 radical (unpaired) electrons. The summed E-state index contributed by atoms with van der Waals surface area (Å²) in [7, 11) is 4.49. The number of methoxy groups -OCH3 is 3. The van der Waals surface area contributed by atoms with E-state index in [0.717, 1.165) is 13.1 Å². The number of Topliss-reactive ketones (excluding diaryl/α,β-unsaturated/α-hetero) is 1. The molecule has 1 amide bonds. The zero-order valence-electron chi connectivity index (χ0n) is 22.2. The number of hydrogen-bond donors (Lipinski definition) is 1. The van der Waals surface area contributed by atoms with Gasteiger partial charge in [-0.15, -0.1) is 0 Å². The van der Waals surface area contributed by atoms with Gasteiger partial charge in [0.2, 0.25) is 5.75 Å². The maximum absolute atomic E-state index is 13.4. The second kappa shape index (κ2) is 12.2. The summed E-state index contributed by atoms with van der Waals surface area (Å²) in [4.78, 5) is 30.5. The Morgan fingerprint density at radius 2 is 1.68 bits per heavy atom. The van der Waals surface area contributed by atoms with Gasteiger partial charge in [-0.3, -0.25) is 14.5 Å². The normalized spacial score (nSPS) is 19.5. The molecule has 0 bridgehead atoms. The van der Waals surface area contributed by atoms with Crippen LogP contribution in [0, 0.1) is 0 Å². The molecular weight excluding hydrogens is 492 g/mol. The number of likely N-dealkylation sites (tertiary alicyclic amines) is 1. The van der Waals surface area contributed by atoms with Gasteiger partial charge in [0.25, 0.3) is 11.7 Å². The Morgan fingerprint density at radius 3 is 2.29 bits per heavy atom. The summed E-state index contributed by atoms with van der Waals surface area (Å²) in [6, 6.07) is 9.33. The van der Waals surface area contributed by atoms with Crippen LogP contribution in [0.15, 0.2) is 42.0 Å². The standard InChI is InChI=1S/C28H34N2O8/c1-5-38-20-8-6-7-18(15-20)25(31)23-24(19-16-21(34-2)27(36-4)22(17-19)35-3)30(28(33)26(23)32)10-9-29-11-13-37-14-12-29/h6-8,15-17,24,31H,5,9-14H2,1-4H3. The van der Waals surface area contributed by atoms with E-state index in [4.69, 9.17) is 23.7 Å². The van der Waals surface area contributed by atoms with Crippen LogP contribution in [0.2, 0.25) is 0 Å². The van der Waals surface area contributed by atoms with Crippen LogP contribution in [0.5, 0.6) is 23.0 Å². The minimum atomic E-state index is -0.875. The van der Waals surface area contributed by atoms with Crippen molar-refractivity contribution >= 4 is 17.4 Å². The minimum absolute atomic E-state index is 0.0140. The zero-order chi connectivity index (χ0) is 27.2. The number of nitrogens with zero attached hydrogens (tertiary/aromatic N) is 2. The summed E-state index contributed by atoms with van der Waals surface area (Å²) < 4.78 is 27.5. The third-order valence-corrected chi connectivity index (χ3v) is 6.72. The van der Waals surface area contributed by atoms with Crippen molar-refractivity contribution in [2.75, 3.05) is 67.3 Å². The number of carbonyl (C=O) groups is 2. The monoisotopic (exact) mass is 526 g/mol. The largest absolute Gasteiger partial charge is 0.507 e. The third kappa shape index (κ3) is 5.41. The van der Waals surface area contributed by atoms with Gasteiger partial charge in [-0.1, -0.05) is 12.1 Å². The van der Waals surface area contributed by atoms with Crippen molar-refractivity contribution in [2.24, 2.45) is 0 Å². The minimum Gasteiger partial charge on any atom is -0.507 e. The quantitative estimate of drug-likeness (QED) is 0.284. The molecule has 0 aliphatic carbocycles. The Bertz CT molecular complexity index is 1180. The molecule has 2 fully saturated rings. The smallest absolute Gasteiger partial charge is 0.295 e. The summed E-state index contributed by atoms with van der Waals surface area (Å²) in [5.41, 5.74) is 0.905. The van der Waals surface area contributed by atoms with Gasteiger partial charge in [0.1, 0.15) is 11.5 Å². The summed E-state index contributed by atoms with van der Waals surface area (Å²) in [5, 5.41) is 11.4. The van der Waals surface area contributed by atoms with E-state index in [1.807, 2.05) is 6.92 Å². The molecule has 0 saturated carbocycles. The van der Waals surface area contributed by atoms with Gasteiger partial charge in [-0.25, -0.2) is 0 Å². The van der Waals surface area contributed by atoms with Crippen molar-refractivity contribution in [3.05, 3.63) is 53.1 Å². The first-order valence-corrected chi connectivity index (χ1v) is 12.5. The van der Waals surface area contributed by atoms with Crippen LogP contribution >= 0.6 is 0 Å². The fourth-order valence-corrected chi connectivity index (χ4v) is 4.85. The number of aliphatic hydroxyl groups is 1. The van der Waals surface area contributed by atoms with E-state index in [0.29, 0.717) is 60.5 Å². The lowest BCUT2D eigenvalue weighted by molar-refractivity contribution is -0.140. The van der Waals surface area contributed by atoms with Gasteiger partial charge in [0.15, 0.2) is 11.5 Å². The highest BCUT2D eigenvalue weighted by Crippen LogP contribution is 2.45. The van der Waals surface area contributed by atoms with Gasteiger partial charge < -0.3 is 33.7 Å². The van der Waals surface area contributed by atoms with Crippen molar-refractivity contribution in [1.82, 2.24) is 9.80 Å². The van der Waals surface area contributed by atoms with Gasteiger partial charge in [-0.05, 0) is 36.8 Å². The first-order valence-electron chi connectivity index (χ1n) is 12.5. The Morgan fingerprint density at radius 1 is 1.00 bits per heavy atom. The summed E-state index contributed by atoms with van der Waals surface area (Å²) in [5.74, 6) is -0.0455. The Hall–Kier alpha value is -3.76. The molecule has 1 N–H and O–H groups in total. The average Bonchev–Trinajstić information content (AvgIpc) is 3.20. The first kappa shape index (κ1) is 27.3. The summed E-state index contributed by atoms with van der Waals surface area (Å²) >= 11 is 0. The Balaban J connectivity index is 1.84. The molecular formula is C28H34N2O8. The van der Waals surface area contributed by atoms with Crippen LogP contribution < -0.4 is 18.9 Å². The Kier molecular flexibility index (Phi) is 8.75. The number of ketones is 1. The van der Waals surface area contributed by atoms with Crippen LogP contribution in [-0.4, -0.2) is 93.9 Å². The summed E-state index contributed by atoms with van der Waals surface area (Å²) in [6.07, 6.45) is 0. The highest BCUT2D eigenvalue weighted by atomic mass is 16.5. The van der Waals surface area contributed by atoms with Crippen molar-refractivity contribution in [3.63, 3.8) is 0 Å². The van der Waals surface area contributed by atoms with Gasteiger partial charge in [-0.2, -0.15) is 0 Å². The first-order chi connectivity index (χ1) is 18.4. The van der Waals surface area contributed by atoms with Crippen molar-refractivity contribution in [3.8, 4) is 23.0 Å². The van der Waals surface area contributed by atoms with Crippen LogP contribution in [0.4, 0.5) is 0 Å². The van der Waals surface area contributed by atoms with Crippen molar-refractivity contribution in [2.45, 2.75) is 13.0 Å². The SMILES string of the molecule is CCOc1cccc(C(O)=C2C(=O)C(=O)N(CCN3CCOCC3)C2c2cc(OC)c(OC)c(OC)c2)c1. The highest BCUT2D eigenvalue weighted by Gasteiger charge is 2.46. The van der Waals surface area contributed by atoms with Crippen molar-refractivity contribution < 1.29 is 38.4 Å². The number of carbonyl (C=O) groups excluding carboxylic acids is 2. The van der Waals surface area contributed by atoms with Crippen LogP contribution in [0.3, 0.4) is 0 Å². The lowest BCUT2D eigenvalue weighted by Crippen LogP contribution is -2.42. The molecule has 2 saturated heterocycles. The molecule has 38 heavy (non-hydrogen) atoms. The molecule has 0 spiro atoms. The number of rotatable bonds is 10. The highest BCUT2D eigenvalue weighted by molar-refractivity contribution is 6.46. The number of amides is 1. The van der Waals surface area contributed by atoms with Gasteiger partial charge >= 0.3 is 0 Å². The zero-order valence-corrected chi connectivity index (χ0v) is 22.2. The second-order valence-electron chi connectivity index (χ2n) is 8.87. The van der Waals surface area contributed by atoms with Crippen molar-refractivity contribution in [1.29, 1.82) is 0 Å². The number of hydrogen-bond acceptors (Lipinski definition) is 9. The lowest BCUT2D eigenvalue weighted by atomic mass is 9.94. The fraction of sp³-hybridized carbons (Fsp3) is 0.429. The molecule has 204 valence electrons. The number of benzene rings is 2. The summed E-state index contributed by atoms with van der Waals surface area (Å²) in [6.45, 7) is 5.85. The molecule has 1 unspecified atom stereocenters. The maximum Gasteiger partial charge on any atom is 0.295 e. The fourth-order valence-electron chi connectivity index (χ4n) is 4.85. The number of ether oxygens (including phenoxy) is 5. The molecule has 1 atom stereocenters. The third-order valence-electron chi connectivity index (χ3n) is 6.72. The van der Waals surface area contributed by atoms with Gasteiger partial charge in [0, 0.05) is 31.7 Å². The topological polar surface area (TPSA) is 107 Å². The predicted molar refractivity (Wildman–Crippen MR) is 140 cm³/mol. The molecule has 2 aliphatic heterocycles. The van der Waals surface area contributed by atoms with Crippen LogP contribution in [-0.2, 0) is 14.3 Å². The van der Waals surface area contributed by atoms with E-state index < -0.39 is 17.7 Å². The Labute approximate surface area is 222 Å². The molecule has 10 nitrogen and oxygen atoms in total.